The third-order valence-corrected chi connectivity index (χ3v) is 2.88. The second-order valence-corrected chi connectivity index (χ2v) is 4.57. The Morgan fingerprint density at radius 3 is 2.79 bits per heavy atom. The van der Waals surface area contributed by atoms with Gasteiger partial charge in [-0.25, -0.2) is 0 Å². The minimum absolute atomic E-state index is 0.347. The van der Waals surface area contributed by atoms with Crippen molar-refractivity contribution in [2.45, 2.75) is 6.92 Å². The summed E-state index contributed by atoms with van der Waals surface area (Å²) in [6.45, 7) is 1.91. The van der Waals surface area contributed by atoms with Crippen LogP contribution in [0.25, 0.3) is 23.0 Å². The van der Waals surface area contributed by atoms with Crippen LogP contribution >= 0.6 is 11.6 Å². The molecule has 1 aromatic carbocycles. The van der Waals surface area contributed by atoms with Crippen molar-refractivity contribution in [2.24, 2.45) is 0 Å². The molecule has 2 aromatic heterocycles. The van der Waals surface area contributed by atoms with Crippen molar-refractivity contribution in [3.63, 3.8) is 0 Å². The number of aryl methyl sites for hydroxylation is 1. The lowest BCUT2D eigenvalue weighted by molar-refractivity contribution is 0.429. The van der Waals surface area contributed by atoms with Crippen molar-refractivity contribution in [2.75, 3.05) is 5.73 Å². The maximum absolute atomic E-state index is 5.94. The fourth-order valence-electron chi connectivity index (χ4n) is 1.77. The second-order valence-electron chi connectivity index (χ2n) is 4.13. The summed E-state index contributed by atoms with van der Waals surface area (Å²) in [4.78, 5) is 4.28. The van der Waals surface area contributed by atoms with Gasteiger partial charge < -0.3 is 14.7 Å². The third-order valence-electron chi connectivity index (χ3n) is 2.66. The molecule has 0 atom stereocenters. The maximum Gasteiger partial charge on any atom is 0.258 e. The Bertz CT molecular complexity index is 713. The molecule has 0 spiro atoms. The van der Waals surface area contributed by atoms with Crippen LogP contribution in [0.5, 0.6) is 0 Å². The third kappa shape index (κ3) is 2.20. The molecule has 0 saturated heterocycles. The first-order valence-corrected chi connectivity index (χ1v) is 5.96. The van der Waals surface area contributed by atoms with Crippen LogP contribution < -0.4 is 5.73 Å². The highest BCUT2D eigenvalue weighted by atomic mass is 35.5. The van der Waals surface area contributed by atoms with Crippen molar-refractivity contribution in [3.8, 4) is 23.0 Å². The number of nitrogens with zero attached hydrogens (tertiary/aromatic N) is 2. The van der Waals surface area contributed by atoms with E-state index in [0.29, 0.717) is 33.7 Å². The molecule has 0 unspecified atom stereocenters. The number of nitrogen functional groups attached to an aromatic ring is 1. The summed E-state index contributed by atoms with van der Waals surface area (Å²) in [6.07, 6.45) is 1.58. The summed E-state index contributed by atoms with van der Waals surface area (Å²) in [5, 5.41) is 4.41. The summed E-state index contributed by atoms with van der Waals surface area (Å²) >= 11 is 5.94. The van der Waals surface area contributed by atoms with Crippen molar-refractivity contribution in [1.82, 2.24) is 10.1 Å². The number of anilines is 1. The van der Waals surface area contributed by atoms with Crippen molar-refractivity contribution < 1.29 is 8.94 Å². The van der Waals surface area contributed by atoms with Crippen LogP contribution in [0.3, 0.4) is 0 Å². The van der Waals surface area contributed by atoms with Crippen LogP contribution in [-0.2, 0) is 0 Å². The molecule has 96 valence electrons. The number of aromatic nitrogens is 2. The van der Waals surface area contributed by atoms with Crippen molar-refractivity contribution in [3.05, 3.63) is 41.1 Å². The lowest BCUT2D eigenvalue weighted by Crippen LogP contribution is -1.86. The highest BCUT2D eigenvalue weighted by Crippen LogP contribution is 2.28. The largest absolute Gasteiger partial charge is 0.461 e. The Morgan fingerprint density at radius 2 is 2.11 bits per heavy atom. The monoisotopic (exact) mass is 275 g/mol. The molecule has 0 aliphatic rings. The quantitative estimate of drug-likeness (QED) is 0.724. The molecule has 0 radical (unpaired) electrons. The molecule has 3 aromatic rings. The Hall–Kier alpha value is -2.27. The Morgan fingerprint density at radius 1 is 1.26 bits per heavy atom. The first kappa shape index (κ1) is 11.8. The van der Waals surface area contributed by atoms with Gasteiger partial charge in [0, 0.05) is 16.3 Å². The summed E-state index contributed by atoms with van der Waals surface area (Å²) in [6, 6.07) is 6.92. The number of halogens is 1. The Labute approximate surface area is 114 Å². The van der Waals surface area contributed by atoms with E-state index in [1.54, 1.807) is 24.5 Å². The van der Waals surface area contributed by atoms with E-state index in [4.69, 9.17) is 26.3 Å². The van der Waals surface area contributed by atoms with Gasteiger partial charge in [-0.05, 0) is 36.8 Å². The van der Waals surface area contributed by atoms with E-state index < -0.39 is 0 Å². The van der Waals surface area contributed by atoms with Crippen LogP contribution in [0.2, 0.25) is 5.02 Å². The van der Waals surface area contributed by atoms with Gasteiger partial charge in [0.15, 0.2) is 5.76 Å². The minimum Gasteiger partial charge on any atom is -0.461 e. The number of benzene rings is 1. The van der Waals surface area contributed by atoms with Crippen molar-refractivity contribution >= 4 is 17.3 Å². The molecular weight excluding hydrogens is 266 g/mol. The molecule has 5 nitrogen and oxygen atoms in total. The SMILES string of the molecule is Cc1ccoc1-c1noc(-c2cc(N)cc(Cl)c2)n1. The average Bonchev–Trinajstić information content (AvgIpc) is 2.95. The molecule has 3 rings (SSSR count). The highest BCUT2D eigenvalue weighted by Gasteiger charge is 2.15. The van der Waals surface area contributed by atoms with Crippen LogP contribution in [-0.4, -0.2) is 10.1 Å². The van der Waals surface area contributed by atoms with Crippen LogP contribution in [0, 0.1) is 6.92 Å². The average molecular weight is 276 g/mol. The smallest absolute Gasteiger partial charge is 0.258 e. The number of furan rings is 1. The van der Waals surface area contributed by atoms with E-state index in [2.05, 4.69) is 10.1 Å². The molecule has 0 aliphatic carbocycles. The van der Waals surface area contributed by atoms with E-state index in [0.717, 1.165) is 5.56 Å². The molecule has 2 N–H and O–H groups in total. The summed E-state index contributed by atoms with van der Waals surface area (Å²) in [7, 11) is 0. The Kier molecular flexibility index (Phi) is 2.76. The zero-order valence-electron chi connectivity index (χ0n) is 10.1. The topological polar surface area (TPSA) is 78.1 Å². The number of hydrogen-bond donors (Lipinski definition) is 1. The fourth-order valence-corrected chi connectivity index (χ4v) is 2.01. The normalized spacial score (nSPS) is 10.8. The number of rotatable bonds is 2. The first-order valence-electron chi connectivity index (χ1n) is 5.58. The molecule has 0 aliphatic heterocycles. The number of nitrogens with two attached hydrogens (primary N) is 1. The summed E-state index contributed by atoms with van der Waals surface area (Å²) in [5.41, 5.74) is 7.88. The molecule has 19 heavy (non-hydrogen) atoms. The van der Waals surface area contributed by atoms with Gasteiger partial charge in [-0.15, -0.1) is 0 Å². The van der Waals surface area contributed by atoms with Gasteiger partial charge >= 0.3 is 0 Å². The van der Waals surface area contributed by atoms with E-state index in [-0.39, 0.29) is 0 Å². The lowest BCUT2D eigenvalue weighted by atomic mass is 10.2. The summed E-state index contributed by atoms with van der Waals surface area (Å²) < 4.78 is 10.5. The van der Waals surface area contributed by atoms with E-state index in [1.807, 2.05) is 13.0 Å². The minimum atomic E-state index is 0.347. The predicted molar refractivity (Wildman–Crippen MR) is 71.6 cm³/mol. The molecule has 0 amide bonds. The van der Waals surface area contributed by atoms with Gasteiger partial charge in [0.25, 0.3) is 5.89 Å². The molecule has 6 heteroatoms. The van der Waals surface area contributed by atoms with Crippen molar-refractivity contribution in [1.29, 1.82) is 0 Å². The van der Waals surface area contributed by atoms with Crippen LogP contribution in [0.4, 0.5) is 5.69 Å². The van der Waals surface area contributed by atoms with Gasteiger partial charge in [-0.2, -0.15) is 4.98 Å². The second kappa shape index (κ2) is 4.44. The van der Waals surface area contributed by atoms with E-state index >= 15 is 0 Å². The lowest BCUT2D eigenvalue weighted by Gasteiger charge is -1.98. The van der Waals surface area contributed by atoms with Crippen LogP contribution in [0.1, 0.15) is 5.56 Å². The van der Waals surface area contributed by atoms with E-state index in [9.17, 15) is 0 Å². The van der Waals surface area contributed by atoms with Gasteiger partial charge in [0.1, 0.15) is 0 Å². The van der Waals surface area contributed by atoms with Gasteiger partial charge in [0.05, 0.1) is 6.26 Å². The van der Waals surface area contributed by atoms with E-state index in [1.165, 1.54) is 0 Å². The van der Waals surface area contributed by atoms with Gasteiger partial charge in [-0.3, -0.25) is 0 Å². The fraction of sp³-hybridized carbons (Fsp3) is 0.0769. The maximum atomic E-state index is 5.94. The molecule has 2 heterocycles. The Balaban J connectivity index is 2.04. The van der Waals surface area contributed by atoms with Gasteiger partial charge in [-0.1, -0.05) is 16.8 Å². The predicted octanol–water partition coefficient (Wildman–Crippen LogP) is 3.54. The van der Waals surface area contributed by atoms with Crippen LogP contribution in [0.15, 0.2) is 39.5 Å². The standard InChI is InChI=1S/C13H10ClN3O2/c1-7-2-3-18-11(7)12-16-13(19-17-12)8-4-9(14)6-10(15)5-8/h2-6H,15H2,1H3. The number of hydrogen-bond acceptors (Lipinski definition) is 5. The molecule has 0 saturated carbocycles. The molecule has 0 bridgehead atoms. The molecular formula is C13H10ClN3O2. The zero-order valence-corrected chi connectivity index (χ0v) is 10.8. The molecule has 0 fully saturated rings. The van der Waals surface area contributed by atoms with Gasteiger partial charge in [0.2, 0.25) is 5.82 Å². The summed E-state index contributed by atoms with van der Waals surface area (Å²) in [5.74, 6) is 1.33. The first-order chi connectivity index (χ1) is 9.13. The zero-order chi connectivity index (χ0) is 13.4. The highest BCUT2D eigenvalue weighted by molar-refractivity contribution is 6.31.